The van der Waals surface area contributed by atoms with E-state index in [1.165, 1.54) is 0 Å². The first-order valence-corrected chi connectivity index (χ1v) is 12.4. The second-order valence-corrected chi connectivity index (χ2v) is 10.3. The number of aliphatic hydroxyl groups excluding tert-OH is 4. The highest BCUT2D eigenvalue weighted by atomic mass is 16.3. The Morgan fingerprint density at radius 1 is 0.583 bits per heavy atom. The van der Waals surface area contributed by atoms with Crippen LogP contribution in [0.25, 0.3) is 0 Å². The summed E-state index contributed by atoms with van der Waals surface area (Å²) < 4.78 is 0. The first-order chi connectivity index (χ1) is 16.8. The topological polar surface area (TPSA) is 197 Å². The van der Waals surface area contributed by atoms with Gasteiger partial charge in [-0.15, -0.1) is 0 Å². The molecule has 0 rings (SSSR count). The molecule has 0 aromatic carbocycles. The maximum Gasteiger partial charge on any atom is 0.249 e. The molecule has 0 aliphatic carbocycles. The molecular formula is C24H46N4O8. The second-order valence-electron chi connectivity index (χ2n) is 10.3. The van der Waals surface area contributed by atoms with Crippen LogP contribution < -0.4 is 21.3 Å². The molecule has 2 atom stereocenters. The van der Waals surface area contributed by atoms with Crippen LogP contribution in [0.1, 0.15) is 66.2 Å². The molecule has 0 fully saturated rings. The molecule has 0 aliphatic rings. The van der Waals surface area contributed by atoms with Crippen LogP contribution in [0.4, 0.5) is 0 Å². The number of amides is 4. The Bertz CT molecular complexity index is 642. The zero-order chi connectivity index (χ0) is 27.8. The van der Waals surface area contributed by atoms with Crippen LogP contribution in [0.15, 0.2) is 0 Å². The van der Waals surface area contributed by atoms with E-state index in [-0.39, 0.29) is 51.0 Å². The predicted molar refractivity (Wildman–Crippen MR) is 133 cm³/mol. The van der Waals surface area contributed by atoms with Gasteiger partial charge >= 0.3 is 0 Å². The van der Waals surface area contributed by atoms with Crippen LogP contribution in [0.2, 0.25) is 0 Å². The molecule has 8 N–H and O–H groups in total. The number of unbranched alkanes of at least 4 members (excludes halogenated alkanes) is 3. The summed E-state index contributed by atoms with van der Waals surface area (Å²) in [6.45, 7) is 6.76. The molecule has 0 radical (unpaired) electrons. The van der Waals surface area contributed by atoms with Gasteiger partial charge in [-0.25, -0.2) is 0 Å². The van der Waals surface area contributed by atoms with Crippen molar-refractivity contribution in [1.29, 1.82) is 0 Å². The average Bonchev–Trinajstić information content (AvgIpc) is 2.84. The van der Waals surface area contributed by atoms with Crippen molar-refractivity contribution < 1.29 is 39.6 Å². The van der Waals surface area contributed by atoms with E-state index in [0.29, 0.717) is 13.1 Å². The molecule has 36 heavy (non-hydrogen) atoms. The van der Waals surface area contributed by atoms with Crippen molar-refractivity contribution in [2.24, 2.45) is 10.8 Å². The third-order valence-corrected chi connectivity index (χ3v) is 5.84. The van der Waals surface area contributed by atoms with Crippen LogP contribution in [-0.2, 0) is 19.2 Å². The first-order valence-electron chi connectivity index (χ1n) is 12.4. The molecule has 12 heteroatoms. The van der Waals surface area contributed by atoms with E-state index in [1.807, 2.05) is 0 Å². The zero-order valence-electron chi connectivity index (χ0n) is 22.1. The van der Waals surface area contributed by atoms with Gasteiger partial charge in [-0.3, -0.25) is 19.2 Å². The lowest BCUT2D eigenvalue weighted by molar-refractivity contribution is -0.137. The van der Waals surface area contributed by atoms with Crippen LogP contribution in [0.3, 0.4) is 0 Å². The third kappa shape index (κ3) is 13.7. The summed E-state index contributed by atoms with van der Waals surface area (Å²) in [5, 5.41) is 48.6. The standard InChI is InChI=1S/C24H46N4O8/c1-23(2,15-29)19(33)21(35)27-13-9-17(31)25-11-7-5-6-8-12-26-18(32)10-14-28-22(36)20(34)24(3,4)16-30/h19-20,29-30,33-34H,5-16H2,1-4H3,(H,25,31)(H,26,32)(H,27,35)(H,28,36)/t19-,20-/m0/s1. The van der Waals surface area contributed by atoms with Gasteiger partial charge in [-0.1, -0.05) is 40.5 Å². The maximum absolute atomic E-state index is 11.8. The predicted octanol–water partition coefficient (Wildman–Crippen LogP) is -1.45. The van der Waals surface area contributed by atoms with E-state index >= 15 is 0 Å². The Labute approximate surface area is 213 Å². The van der Waals surface area contributed by atoms with E-state index in [1.54, 1.807) is 27.7 Å². The maximum atomic E-state index is 11.8. The van der Waals surface area contributed by atoms with Crippen molar-refractivity contribution >= 4 is 23.6 Å². The van der Waals surface area contributed by atoms with Crippen molar-refractivity contribution in [3.05, 3.63) is 0 Å². The van der Waals surface area contributed by atoms with Gasteiger partial charge in [0, 0.05) is 49.9 Å². The van der Waals surface area contributed by atoms with E-state index in [9.17, 15) is 39.6 Å². The number of rotatable bonds is 19. The number of hydrogen-bond acceptors (Lipinski definition) is 8. The van der Waals surface area contributed by atoms with Gasteiger partial charge in [0.25, 0.3) is 0 Å². The van der Waals surface area contributed by atoms with Gasteiger partial charge in [-0.05, 0) is 12.8 Å². The van der Waals surface area contributed by atoms with Crippen molar-refractivity contribution in [1.82, 2.24) is 21.3 Å². The SMILES string of the molecule is CC(C)(CO)[C@@H](O)C(=O)NCCC(=O)NCCCCCCNC(=O)CCNC(=O)[C@H](O)C(C)(C)CO. The molecule has 0 aromatic rings. The van der Waals surface area contributed by atoms with Crippen molar-refractivity contribution in [3.8, 4) is 0 Å². The fourth-order valence-electron chi connectivity index (χ4n) is 2.91. The van der Waals surface area contributed by atoms with E-state index in [2.05, 4.69) is 21.3 Å². The highest BCUT2D eigenvalue weighted by Gasteiger charge is 2.33. The van der Waals surface area contributed by atoms with Gasteiger partial charge in [0.15, 0.2) is 0 Å². The molecule has 0 aliphatic heterocycles. The van der Waals surface area contributed by atoms with E-state index in [0.717, 1.165) is 25.7 Å². The van der Waals surface area contributed by atoms with E-state index < -0.39 is 34.9 Å². The summed E-state index contributed by atoms with van der Waals surface area (Å²) in [7, 11) is 0. The Morgan fingerprint density at radius 3 is 1.22 bits per heavy atom. The van der Waals surface area contributed by atoms with Gasteiger partial charge in [-0.2, -0.15) is 0 Å². The molecule has 12 nitrogen and oxygen atoms in total. The summed E-state index contributed by atoms with van der Waals surface area (Å²) >= 11 is 0. The lowest BCUT2D eigenvalue weighted by atomic mass is 9.87. The highest BCUT2D eigenvalue weighted by molar-refractivity contribution is 5.83. The number of hydrogen-bond donors (Lipinski definition) is 8. The molecule has 0 saturated heterocycles. The summed E-state index contributed by atoms with van der Waals surface area (Å²) in [6, 6.07) is 0. The lowest BCUT2D eigenvalue weighted by Crippen LogP contribution is -2.46. The third-order valence-electron chi connectivity index (χ3n) is 5.84. The van der Waals surface area contributed by atoms with Gasteiger partial charge in [0.1, 0.15) is 12.2 Å². The number of carbonyl (C=O) groups is 4. The second kappa shape index (κ2) is 17.2. The van der Waals surface area contributed by atoms with Gasteiger partial charge < -0.3 is 41.7 Å². The Balaban J connectivity index is 3.74. The molecule has 0 heterocycles. The fraction of sp³-hybridized carbons (Fsp3) is 0.833. The van der Waals surface area contributed by atoms with Crippen molar-refractivity contribution in [2.75, 3.05) is 39.4 Å². The van der Waals surface area contributed by atoms with Gasteiger partial charge in [0.05, 0.1) is 13.2 Å². The number of aliphatic hydroxyl groups is 4. The largest absolute Gasteiger partial charge is 0.396 e. The molecule has 0 unspecified atom stereocenters. The van der Waals surface area contributed by atoms with E-state index in [4.69, 9.17) is 0 Å². The summed E-state index contributed by atoms with van der Waals surface area (Å²) in [6.07, 6.45) is 0.724. The first kappa shape index (κ1) is 33.7. The fourth-order valence-corrected chi connectivity index (χ4v) is 2.91. The van der Waals surface area contributed by atoms with Crippen LogP contribution >= 0.6 is 0 Å². The van der Waals surface area contributed by atoms with Crippen molar-refractivity contribution in [3.63, 3.8) is 0 Å². The Morgan fingerprint density at radius 2 is 0.917 bits per heavy atom. The summed E-state index contributed by atoms with van der Waals surface area (Å²) in [5.41, 5.74) is -1.92. The minimum absolute atomic E-state index is 0.0860. The molecular weight excluding hydrogens is 472 g/mol. The molecule has 0 bridgehead atoms. The van der Waals surface area contributed by atoms with Crippen LogP contribution in [0.5, 0.6) is 0 Å². The zero-order valence-corrected chi connectivity index (χ0v) is 22.1. The monoisotopic (exact) mass is 518 g/mol. The number of carbonyl (C=O) groups excluding carboxylic acids is 4. The number of nitrogens with one attached hydrogen (secondary N) is 4. The smallest absolute Gasteiger partial charge is 0.249 e. The Kier molecular flexibility index (Phi) is 16.1. The minimum Gasteiger partial charge on any atom is -0.396 e. The highest BCUT2D eigenvalue weighted by Crippen LogP contribution is 2.20. The lowest BCUT2D eigenvalue weighted by Gasteiger charge is -2.27. The molecule has 0 saturated carbocycles. The molecule has 4 amide bonds. The minimum atomic E-state index is -1.36. The Hall–Kier alpha value is -2.28. The van der Waals surface area contributed by atoms with Gasteiger partial charge in [0.2, 0.25) is 23.6 Å². The summed E-state index contributed by atoms with van der Waals surface area (Å²) in [4.78, 5) is 47.3. The molecule has 210 valence electrons. The normalized spacial score (nSPS) is 13.4. The van der Waals surface area contributed by atoms with Crippen LogP contribution in [0, 0.1) is 10.8 Å². The average molecular weight is 519 g/mol. The van der Waals surface area contributed by atoms with Crippen molar-refractivity contribution in [2.45, 2.75) is 78.4 Å². The quantitative estimate of drug-likeness (QED) is 0.0950. The summed E-state index contributed by atoms with van der Waals surface area (Å²) in [5.74, 6) is -1.67. The van der Waals surface area contributed by atoms with Crippen LogP contribution in [-0.4, -0.2) is 95.7 Å². The molecule has 0 spiro atoms. The molecule has 0 aromatic heterocycles.